The molecule has 0 bridgehead atoms. The van der Waals surface area contributed by atoms with Crippen molar-refractivity contribution in [3.05, 3.63) is 120 Å². The Morgan fingerprint density at radius 1 is 0.745 bits per heavy atom. The predicted octanol–water partition coefficient (Wildman–Crippen LogP) is 4.77. The van der Waals surface area contributed by atoms with Crippen molar-refractivity contribution in [1.29, 1.82) is 0 Å². The second kappa shape index (κ2) is 16.6. The zero-order chi connectivity index (χ0) is 36.5. The molecule has 264 valence electrons. The number of hydrogen-bond acceptors (Lipinski definition) is 8. The molecule has 4 heterocycles. The fraction of sp³-hybridized carbons (Fsp3) is 0.275. The first-order valence-electron chi connectivity index (χ1n) is 16.9. The molecule has 0 spiro atoms. The number of hydrogen-bond donors (Lipinski definition) is 2. The Labute approximate surface area is 300 Å². The normalized spacial score (nSPS) is 16.0. The van der Waals surface area contributed by atoms with Crippen LogP contribution < -0.4 is 20.9 Å². The molecule has 11 nitrogen and oxygen atoms in total. The van der Waals surface area contributed by atoms with Crippen molar-refractivity contribution in [3.63, 3.8) is 0 Å². The van der Waals surface area contributed by atoms with E-state index in [1.165, 1.54) is 29.4 Å². The summed E-state index contributed by atoms with van der Waals surface area (Å²) in [5.74, 6) is 0.731. The molecule has 3 N–H and O–H groups in total. The van der Waals surface area contributed by atoms with Gasteiger partial charge in [0.25, 0.3) is 0 Å². The molecule has 51 heavy (non-hydrogen) atoms. The molecular formula is C40H46N8O3. The van der Waals surface area contributed by atoms with Crippen LogP contribution >= 0.6 is 0 Å². The van der Waals surface area contributed by atoms with Gasteiger partial charge < -0.3 is 30.7 Å². The molecule has 4 aromatic rings. The number of fused-ring (bicyclic) bond motifs is 2. The fourth-order valence-electron chi connectivity index (χ4n) is 6.28. The highest BCUT2D eigenvalue weighted by Crippen LogP contribution is 2.31. The largest absolute Gasteiger partial charge is 0.384 e. The Bertz CT molecular complexity index is 1890. The summed E-state index contributed by atoms with van der Waals surface area (Å²) in [6, 6.07) is 24.4. The van der Waals surface area contributed by atoms with Crippen LogP contribution in [0.3, 0.4) is 0 Å². The summed E-state index contributed by atoms with van der Waals surface area (Å²) in [4.78, 5) is 51.9. The van der Waals surface area contributed by atoms with Crippen LogP contribution in [0.25, 0.3) is 12.2 Å². The van der Waals surface area contributed by atoms with E-state index in [1.807, 2.05) is 32.3 Å². The van der Waals surface area contributed by atoms with Crippen molar-refractivity contribution in [2.75, 3.05) is 62.1 Å². The van der Waals surface area contributed by atoms with Crippen molar-refractivity contribution in [2.24, 2.45) is 0 Å². The molecule has 2 aromatic carbocycles. The third kappa shape index (κ3) is 9.60. The highest BCUT2D eigenvalue weighted by atomic mass is 16.2. The maximum Gasteiger partial charge on any atom is 0.246 e. The van der Waals surface area contributed by atoms with E-state index in [4.69, 9.17) is 5.73 Å². The molecule has 0 fully saturated rings. The zero-order valence-electron chi connectivity index (χ0n) is 29.9. The Kier molecular flexibility index (Phi) is 11.8. The number of nitrogens with one attached hydrogen (secondary N) is 1. The molecular weight excluding hydrogens is 640 g/mol. The van der Waals surface area contributed by atoms with E-state index in [0.29, 0.717) is 30.8 Å². The van der Waals surface area contributed by atoms with Gasteiger partial charge in [0.1, 0.15) is 11.6 Å². The van der Waals surface area contributed by atoms with Crippen LogP contribution in [0.5, 0.6) is 0 Å². The molecule has 0 saturated heterocycles. The Hall–Kier alpha value is -5.97. The number of nitrogens with two attached hydrogens (primary N) is 1. The minimum absolute atomic E-state index is 0.0174. The zero-order valence-corrected chi connectivity index (χ0v) is 29.9. The first-order chi connectivity index (χ1) is 24.5. The number of likely N-dealkylation sites (N-methyl/N-ethyl adjacent to an activating group) is 4. The van der Waals surface area contributed by atoms with E-state index in [-0.39, 0.29) is 23.8 Å². The maximum absolute atomic E-state index is 12.4. The molecule has 6 rings (SSSR count). The van der Waals surface area contributed by atoms with Gasteiger partial charge in [-0.1, -0.05) is 36.4 Å². The van der Waals surface area contributed by atoms with Gasteiger partial charge >= 0.3 is 0 Å². The second-order valence-electron chi connectivity index (χ2n) is 13.0. The van der Waals surface area contributed by atoms with Crippen LogP contribution in [0.4, 0.5) is 23.0 Å². The van der Waals surface area contributed by atoms with Gasteiger partial charge in [-0.2, -0.15) is 0 Å². The molecule has 0 aliphatic carbocycles. The summed E-state index contributed by atoms with van der Waals surface area (Å²) in [6.07, 6.45) is 11.8. The third-order valence-corrected chi connectivity index (χ3v) is 9.21. The minimum Gasteiger partial charge on any atom is -0.384 e. The summed E-state index contributed by atoms with van der Waals surface area (Å²) < 4.78 is 0. The smallest absolute Gasteiger partial charge is 0.246 e. The number of benzene rings is 2. The third-order valence-electron chi connectivity index (χ3n) is 9.21. The summed E-state index contributed by atoms with van der Waals surface area (Å²) in [6.45, 7) is 2.78. The molecule has 2 atom stereocenters. The number of pyridine rings is 2. The number of anilines is 4. The van der Waals surface area contributed by atoms with Gasteiger partial charge in [0.05, 0.1) is 12.1 Å². The number of rotatable bonds is 9. The molecule has 2 aliphatic rings. The first kappa shape index (κ1) is 36.3. The SMILES string of the molecule is CC(=O)Nc1ccc(/C=C/C(=O)N(C)CC2Cc3ccccc3N2C)cn1.CN(CC1Cc2ccccc2N1C)C(=O)/C=C/c1ccc(N)nc1. The predicted molar refractivity (Wildman–Crippen MR) is 205 cm³/mol. The number of amides is 3. The highest BCUT2D eigenvalue weighted by molar-refractivity contribution is 5.92. The monoisotopic (exact) mass is 686 g/mol. The molecule has 0 radical (unpaired) electrons. The second-order valence-corrected chi connectivity index (χ2v) is 13.0. The lowest BCUT2D eigenvalue weighted by atomic mass is 10.1. The Morgan fingerprint density at radius 2 is 1.22 bits per heavy atom. The van der Waals surface area contributed by atoms with Crippen LogP contribution in [0.1, 0.15) is 29.2 Å². The van der Waals surface area contributed by atoms with Crippen molar-refractivity contribution >= 4 is 52.9 Å². The van der Waals surface area contributed by atoms with Crippen LogP contribution in [0, 0.1) is 0 Å². The lowest BCUT2D eigenvalue weighted by Gasteiger charge is -2.27. The maximum atomic E-state index is 12.4. The quantitative estimate of drug-likeness (QED) is 0.241. The fourth-order valence-corrected chi connectivity index (χ4v) is 6.28. The number of carbonyl (C=O) groups is 3. The van der Waals surface area contributed by atoms with Crippen molar-refractivity contribution in [3.8, 4) is 0 Å². The molecule has 2 aliphatic heterocycles. The molecule has 0 saturated carbocycles. The van der Waals surface area contributed by atoms with Crippen LogP contribution in [0.15, 0.2) is 97.3 Å². The lowest BCUT2D eigenvalue weighted by molar-refractivity contribution is -0.125. The number of nitrogens with zero attached hydrogens (tertiary/aromatic N) is 6. The Balaban J connectivity index is 0.000000199. The van der Waals surface area contributed by atoms with Crippen LogP contribution in [-0.4, -0.2) is 90.9 Å². The van der Waals surface area contributed by atoms with Gasteiger partial charge in [-0.25, -0.2) is 9.97 Å². The molecule has 11 heteroatoms. The van der Waals surface area contributed by atoms with Gasteiger partial charge in [-0.3, -0.25) is 14.4 Å². The van der Waals surface area contributed by atoms with Gasteiger partial charge in [0.15, 0.2) is 0 Å². The average Bonchev–Trinajstić information content (AvgIpc) is 3.61. The lowest BCUT2D eigenvalue weighted by Crippen LogP contribution is -2.40. The highest BCUT2D eigenvalue weighted by Gasteiger charge is 2.28. The van der Waals surface area contributed by atoms with Gasteiger partial charge in [0, 0.05) is 84.1 Å². The van der Waals surface area contributed by atoms with E-state index in [2.05, 4.69) is 81.6 Å². The van der Waals surface area contributed by atoms with Crippen molar-refractivity contribution in [2.45, 2.75) is 31.8 Å². The number of nitrogen functional groups attached to an aromatic ring is 1. The molecule has 2 aromatic heterocycles. The van der Waals surface area contributed by atoms with Crippen molar-refractivity contribution in [1.82, 2.24) is 19.8 Å². The van der Waals surface area contributed by atoms with E-state index in [1.54, 1.807) is 58.6 Å². The summed E-state index contributed by atoms with van der Waals surface area (Å²) in [5.41, 5.74) is 12.4. The number of aromatic nitrogens is 2. The average molecular weight is 687 g/mol. The number of para-hydroxylation sites is 2. The van der Waals surface area contributed by atoms with Gasteiger partial charge in [0.2, 0.25) is 17.7 Å². The van der Waals surface area contributed by atoms with Crippen LogP contribution in [0.2, 0.25) is 0 Å². The van der Waals surface area contributed by atoms with Crippen molar-refractivity contribution < 1.29 is 14.4 Å². The van der Waals surface area contributed by atoms with Crippen LogP contribution in [-0.2, 0) is 27.2 Å². The summed E-state index contributed by atoms with van der Waals surface area (Å²) in [5, 5.41) is 2.61. The van der Waals surface area contributed by atoms with Gasteiger partial charge in [-0.05, 0) is 83.6 Å². The topological polar surface area (TPSA) is 128 Å². The summed E-state index contributed by atoms with van der Waals surface area (Å²) >= 11 is 0. The minimum atomic E-state index is -0.165. The standard InChI is InChI=1S/C21H24N4O2.C19H22N4O/c1-15(26)23-20-10-8-16(13-22-20)9-11-21(27)24(2)14-18-12-17-6-4-5-7-19(17)25(18)3;1-22(19(24)10-8-14-7-9-18(20)21-12-14)13-16-11-15-5-3-4-6-17(15)23(16)2/h4-11,13,18H,12,14H2,1-3H3,(H,22,23,26);3-10,12,16H,11,13H2,1-2H3,(H2,20,21)/b11-9+;10-8+. The van der Waals surface area contributed by atoms with E-state index >= 15 is 0 Å². The van der Waals surface area contributed by atoms with E-state index in [9.17, 15) is 14.4 Å². The van der Waals surface area contributed by atoms with Gasteiger partial charge in [-0.15, -0.1) is 0 Å². The Morgan fingerprint density at radius 3 is 1.63 bits per heavy atom. The van der Waals surface area contributed by atoms with E-state index < -0.39 is 0 Å². The number of carbonyl (C=O) groups excluding carboxylic acids is 3. The summed E-state index contributed by atoms with van der Waals surface area (Å²) in [7, 11) is 7.82. The van der Waals surface area contributed by atoms with E-state index in [0.717, 1.165) is 24.0 Å². The molecule has 3 amide bonds. The molecule has 2 unspecified atom stereocenters. The first-order valence-corrected chi connectivity index (χ1v) is 16.9.